The van der Waals surface area contributed by atoms with Gasteiger partial charge in [0.2, 0.25) is 0 Å². The summed E-state index contributed by atoms with van der Waals surface area (Å²) in [5.41, 5.74) is 1.67. The number of Topliss-reactive ketones (excluding diaryl/α,β-unsaturated/α-hetero) is 1. The van der Waals surface area contributed by atoms with Crippen molar-refractivity contribution in [3.05, 3.63) is 29.6 Å². The van der Waals surface area contributed by atoms with E-state index in [0.717, 1.165) is 5.56 Å². The number of aromatic nitrogens is 1. The second kappa shape index (κ2) is 5.43. The zero-order valence-corrected chi connectivity index (χ0v) is 9.88. The molecule has 1 aromatic heterocycles. The van der Waals surface area contributed by atoms with Gasteiger partial charge in [-0.15, -0.1) is 17.0 Å². The number of nitrogens with zero attached hydrogens (tertiary/aromatic N) is 1. The number of aryl methyl sites for hydroxylation is 1. The van der Waals surface area contributed by atoms with Crippen molar-refractivity contribution in [2.45, 2.75) is 6.92 Å². The molecule has 0 aliphatic carbocycles. The predicted molar refractivity (Wildman–Crippen MR) is 57.4 cm³/mol. The molecule has 0 unspecified atom stereocenters. The lowest BCUT2D eigenvalue weighted by atomic mass is 10.1. The van der Waals surface area contributed by atoms with Crippen LogP contribution < -0.4 is 0 Å². The molecule has 0 atom stereocenters. The highest BCUT2D eigenvalue weighted by Gasteiger charge is 2.05. The molecule has 1 heterocycles. The van der Waals surface area contributed by atoms with Crippen molar-refractivity contribution in [1.82, 2.24) is 4.98 Å². The molecule has 0 fully saturated rings. The van der Waals surface area contributed by atoms with Crippen molar-refractivity contribution < 1.29 is 4.79 Å². The maximum absolute atomic E-state index is 11.1. The third-order valence-electron chi connectivity index (χ3n) is 1.46. The second-order valence-corrected chi connectivity index (χ2v) is 2.81. The molecule has 0 spiro atoms. The zero-order chi connectivity index (χ0) is 8.27. The summed E-state index contributed by atoms with van der Waals surface area (Å²) < 4.78 is 0. The average Bonchev–Trinajstić information content (AvgIpc) is 2.04. The molecule has 0 N–H and O–H groups in total. The molecular weight excluding hydrogens is 286 g/mol. The SMILES string of the molecule is Br.Cc1ccncc1C(=O)CBr. The van der Waals surface area contributed by atoms with E-state index in [1.807, 2.05) is 13.0 Å². The van der Waals surface area contributed by atoms with Gasteiger partial charge in [-0.2, -0.15) is 0 Å². The topological polar surface area (TPSA) is 30.0 Å². The molecule has 0 amide bonds. The quantitative estimate of drug-likeness (QED) is 0.620. The van der Waals surface area contributed by atoms with E-state index < -0.39 is 0 Å². The lowest BCUT2D eigenvalue weighted by Crippen LogP contribution is -2.02. The molecule has 4 heteroatoms. The van der Waals surface area contributed by atoms with Crippen LogP contribution in [-0.2, 0) is 0 Å². The van der Waals surface area contributed by atoms with E-state index >= 15 is 0 Å². The van der Waals surface area contributed by atoms with Gasteiger partial charge in [-0.05, 0) is 18.6 Å². The van der Waals surface area contributed by atoms with Gasteiger partial charge in [0, 0.05) is 18.0 Å². The minimum Gasteiger partial charge on any atom is -0.293 e. The summed E-state index contributed by atoms with van der Waals surface area (Å²) >= 11 is 3.11. The summed E-state index contributed by atoms with van der Waals surface area (Å²) in [6, 6.07) is 1.83. The van der Waals surface area contributed by atoms with Crippen LogP contribution in [0, 0.1) is 6.92 Å². The largest absolute Gasteiger partial charge is 0.293 e. The molecule has 66 valence electrons. The average molecular weight is 295 g/mol. The number of carbonyl (C=O) groups is 1. The van der Waals surface area contributed by atoms with E-state index in [4.69, 9.17) is 0 Å². The molecule has 0 saturated heterocycles. The highest BCUT2D eigenvalue weighted by molar-refractivity contribution is 9.09. The molecule has 0 radical (unpaired) electrons. The van der Waals surface area contributed by atoms with Gasteiger partial charge in [0.1, 0.15) is 0 Å². The van der Waals surface area contributed by atoms with Crippen LogP contribution in [0.1, 0.15) is 15.9 Å². The standard InChI is InChI=1S/C8H8BrNO.BrH/c1-6-2-3-10-5-7(6)8(11)4-9;/h2-3,5H,4H2,1H3;1H. The fraction of sp³-hybridized carbons (Fsp3) is 0.250. The van der Waals surface area contributed by atoms with Gasteiger partial charge in [0.05, 0.1) is 5.33 Å². The Morgan fingerprint density at radius 1 is 1.67 bits per heavy atom. The number of ketones is 1. The molecule has 0 saturated carbocycles. The van der Waals surface area contributed by atoms with Crippen molar-refractivity contribution in [2.75, 3.05) is 5.33 Å². The van der Waals surface area contributed by atoms with Gasteiger partial charge in [-0.25, -0.2) is 0 Å². The summed E-state index contributed by atoms with van der Waals surface area (Å²) in [7, 11) is 0. The zero-order valence-electron chi connectivity index (χ0n) is 6.58. The van der Waals surface area contributed by atoms with E-state index in [0.29, 0.717) is 10.9 Å². The Labute approximate surface area is 90.3 Å². The summed E-state index contributed by atoms with van der Waals surface area (Å²) in [6.45, 7) is 1.90. The van der Waals surface area contributed by atoms with Crippen LogP contribution in [0.3, 0.4) is 0 Å². The molecule has 0 aliphatic heterocycles. The van der Waals surface area contributed by atoms with Crippen molar-refractivity contribution in [3.8, 4) is 0 Å². The number of rotatable bonds is 2. The third kappa shape index (κ3) is 2.68. The lowest BCUT2D eigenvalue weighted by molar-refractivity contribution is 0.102. The van der Waals surface area contributed by atoms with Crippen LogP contribution in [0.15, 0.2) is 18.5 Å². The smallest absolute Gasteiger partial charge is 0.175 e. The molecule has 0 aliphatic rings. The number of alkyl halides is 1. The fourth-order valence-corrected chi connectivity index (χ4v) is 1.13. The molecule has 0 bridgehead atoms. The minimum absolute atomic E-state index is 0. The van der Waals surface area contributed by atoms with Crippen LogP contribution in [-0.4, -0.2) is 16.1 Å². The van der Waals surface area contributed by atoms with Crippen LogP contribution >= 0.6 is 32.9 Å². The van der Waals surface area contributed by atoms with Crippen molar-refractivity contribution in [2.24, 2.45) is 0 Å². The first-order chi connectivity index (χ1) is 5.25. The fourth-order valence-electron chi connectivity index (χ4n) is 0.828. The molecule has 1 aromatic rings. The van der Waals surface area contributed by atoms with Crippen molar-refractivity contribution in [1.29, 1.82) is 0 Å². The number of carbonyl (C=O) groups excluding carboxylic acids is 1. The Morgan fingerprint density at radius 2 is 2.33 bits per heavy atom. The van der Waals surface area contributed by atoms with Crippen LogP contribution in [0.2, 0.25) is 0 Å². The predicted octanol–water partition coefficient (Wildman–Crippen LogP) is 2.55. The monoisotopic (exact) mass is 293 g/mol. The molecule has 2 nitrogen and oxygen atoms in total. The van der Waals surface area contributed by atoms with Crippen LogP contribution in [0.4, 0.5) is 0 Å². The first kappa shape index (κ1) is 11.8. The number of hydrogen-bond acceptors (Lipinski definition) is 2. The van der Waals surface area contributed by atoms with Crippen molar-refractivity contribution in [3.63, 3.8) is 0 Å². The van der Waals surface area contributed by atoms with E-state index in [2.05, 4.69) is 20.9 Å². The van der Waals surface area contributed by atoms with Gasteiger partial charge in [0.15, 0.2) is 5.78 Å². The number of halogens is 2. The van der Waals surface area contributed by atoms with Crippen LogP contribution in [0.25, 0.3) is 0 Å². The number of pyridine rings is 1. The lowest BCUT2D eigenvalue weighted by Gasteiger charge is -1.99. The van der Waals surface area contributed by atoms with E-state index in [9.17, 15) is 4.79 Å². The first-order valence-electron chi connectivity index (χ1n) is 3.25. The van der Waals surface area contributed by atoms with Crippen LogP contribution in [0.5, 0.6) is 0 Å². The summed E-state index contributed by atoms with van der Waals surface area (Å²) in [4.78, 5) is 15.0. The number of hydrogen-bond donors (Lipinski definition) is 0. The highest BCUT2D eigenvalue weighted by Crippen LogP contribution is 2.06. The Morgan fingerprint density at radius 3 is 2.83 bits per heavy atom. The maximum Gasteiger partial charge on any atom is 0.175 e. The van der Waals surface area contributed by atoms with Gasteiger partial charge in [0.25, 0.3) is 0 Å². The Hall–Kier alpha value is -0.220. The van der Waals surface area contributed by atoms with Gasteiger partial charge in [-0.3, -0.25) is 9.78 Å². The van der Waals surface area contributed by atoms with E-state index in [1.54, 1.807) is 12.4 Å². The minimum atomic E-state index is 0. The highest BCUT2D eigenvalue weighted by atomic mass is 79.9. The Balaban J connectivity index is 0.00000121. The molecular formula is C8H9Br2NO. The van der Waals surface area contributed by atoms with Gasteiger partial charge < -0.3 is 0 Å². The van der Waals surface area contributed by atoms with E-state index in [1.165, 1.54) is 0 Å². The molecule has 12 heavy (non-hydrogen) atoms. The second-order valence-electron chi connectivity index (χ2n) is 2.25. The maximum atomic E-state index is 11.1. The summed E-state index contributed by atoms with van der Waals surface area (Å²) in [5.74, 6) is 0.0793. The van der Waals surface area contributed by atoms with E-state index in [-0.39, 0.29) is 22.8 Å². The van der Waals surface area contributed by atoms with Gasteiger partial charge >= 0.3 is 0 Å². The Kier molecular flexibility index (Phi) is 5.33. The normalized spacial score (nSPS) is 8.83. The summed E-state index contributed by atoms with van der Waals surface area (Å²) in [5, 5.41) is 0.361. The third-order valence-corrected chi connectivity index (χ3v) is 1.97. The molecule has 1 rings (SSSR count). The molecule has 0 aromatic carbocycles. The van der Waals surface area contributed by atoms with Gasteiger partial charge in [-0.1, -0.05) is 15.9 Å². The first-order valence-corrected chi connectivity index (χ1v) is 4.37. The Bertz CT molecular complexity index is 276. The van der Waals surface area contributed by atoms with Crippen molar-refractivity contribution >= 4 is 38.7 Å². The summed E-state index contributed by atoms with van der Waals surface area (Å²) in [6.07, 6.45) is 3.28.